The molecule has 162 valence electrons. The summed E-state index contributed by atoms with van der Waals surface area (Å²) in [7, 11) is 0. The van der Waals surface area contributed by atoms with Gasteiger partial charge in [-0.2, -0.15) is 5.10 Å². The predicted octanol–water partition coefficient (Wildman–Crippen LogP) is 3.89. The van der Waals surface area contributed by atoms with E-state index in [0.29, 0.717) is 30.4 Å². The molecule has 0 unspecified atom stereocenters. The molecule has 1 atom stereocenters. The van der Waals surface area contributed by atoms with E-state index in [1.54, 1.807) is 6.20 Å². The molecular weight excluding hydrogens is 406 g/mol. The zero-order chi connectivity index (χ0) is 21.9. The van der Waals surface area contributed by atoms with Crippen LogP contribution in [0, 0.1) is 0 Å². The number of para-hydroxylation sites is 1. The zero-order valence-corrected chi connectivity index (χ0v) is 17.6. The monoisotopic (exact) mass is 429 g/mol. The number of ether oxygens (including phenoxy) is 1. The van der Waals surface area contributed by atoms with Gasteiger partial charge >= 0.3 is 6.03 Å². The fourth-order valence-corrected chi connectivity index (χ4v) is 3.73. The molecule has 9 nitrogen and oxygen atoms in total. The molecule has 0 aliphatic carbocycles. The van der Waals surface area contributed by atoms with E-state index in [1.165, 1.54) is 0 Å². The van der Waals surface area contributed by atoms with Gasteiger partial charge in [-0.25, -0.2) is 14.8 Å². The van der Waals surface area contributed by atoms with Gasteiger partial charge in [0.1, 0.15) is 5.82 Å². The normalized spacial score (nSPS) is 16.2. The lowest BCUT2D eigenvalue weighted by molar-refractivity contribution is 0.0987. The topological polar surface area (TPSA) is 108 Å². The summed E-state index contributed by atoms with van der Waals surface area (Å²) < 4.78 is 5.58. The predicted molar refractivity (Wildman–Crippen MR) is 124 cm³/mol. The first kappa shape index (κ1) is 20.0. The Kier molecular flexibility index (Phi) is 5.39. The fourth-order valence-electron chi connectivity index (χ4n) is 3.73. The Morgan fingerprint density at radius 1 is 1.06 bits per heavy atom. The van der Waals surface area contributed by atoms with Gasteiger partial charge in [0, 0.05) is 23.5 Å². The van der Waals surface area contributed by atoms with Gasteiger partial charge in [0.2, 0.25) is 0 Å². The van der Waals surface area contributed by atoms with Crippen molar-refractivity contribution in [1.82, 2.24) is 20.2 Å². The highest BCUT2D eigenvalue weighted by Crippen LogP contribution is 2.29. The Balaban J connectivity index is 1.38. The molecule has 5 rings (SSSR count). The van der Waals surface area contributed by atoms with Gasteiger partial charge in [-0.1, -0.05) is 18.2 Å². The van der Waals surface area contributed by atoms with Crippen molar-refractivity contribution in [1.29, 1.82) is 0 Å². The van der Waals surface area contributed by atoms with Crippen LogP contribution in [0.15, 0.2) is 60.8 Å². The number of anilines is 3. The van der Waals surface area contributed by atoms with Crippen molar-refractivity contribution in [2.24, 2.45) is 0 Å². The molecule has 0 bridgehead atoms. The molecule has 0 saturated carbocycles. The van der Waals surface area contributed by atoms with Gasteiger partial charge in [0.25, 0.3) is 0 Å². The molecule has 3 N–H and O–H groups in total. The van der Waals surface area contributed by atoms with Crippen LogP contribution in [0.4, 0.5) is 22.0 Å². The van der Waals surface area contributed by atoms with Crippen LogP contribution in [0.5, 0.6) is 0 Å². The zero-order valence-electron chi connectivity index (χ0n) is 17.6. The number of carbonyl (C=O) groups excluding carboxylic acids is 1. The molecule has 2 aromatic carbocycles. The first-order valence-corrected chi connectivity index (χ1v) is 10.5. The quantitative estimate of drug-likeness (QED) is 0.454. The summed E-state index contributed by atoms with van der Waals surface area (Å²) >= 11 is 0. The summed E-state index contributed by atoms with van der Waals surface area (Å²) in [5.74, 6) is 1.44. The van der Waals surface area contributed by atoms with Crippen LogP contribution < -0.4 is 15.5 Å². The second-order valence-electron chi connectivity index (χ2n) is 7.64. The number of rotatable bonds is 4. The molecule has 1 fully saturated rings. The van der Waals surface area contributed by atoms with Gasteiger partial charge in [-0.15, -0.1) is 0 Å². The summed E-state index contributed by atoms with van der Waals surface area (Å²) in [5.41, 5.74) is 2.94. The molecule has 32 heavy (non-hydrogen) atoms. The number of hydrogen-bond acceptors (Lipinski definition) is 6. The number of morpholine rings is 1. The standard InChI is InChI=1S/C23H23N7O2/c1-15-14-32-12-11-30(15)22-19-13-24-29-21(19)27-20(28-22)16-7-9-18(10-8-16)26-23(31)25-17-5-3-2-4-6-17/h2-10,13,15H,11-12,14H2,1H3,(H2,25,26,31)(H,24,27,28,29)/t15-/m0/s1. The number of carbonyl (C=O) groups is 1. The highest BCUT2D eigenvalue weighted by atomic mass is 16.5. The van der Waals surface area contributed by atoms with Crippen molar-refractivity contribution in [2.45, 2.75) is 13.0 Å². The number of fused-ring (bicyclic) bond motifs is 1. The molecule has 2 amide bonds. The maximum atomic E-state index is 12.2. The third kappa shape index (κ3) is 4.10. The maximum absolute atomic E-state index is 12.2. The van der Waals surface area contributed by atoms with E-state index < -0.39 is 0 Å². The van der Waals surface area contributed by atoms with Crippen molar-refractivity contribution in [3.05, 3.63) is 60.8 Å². The number of urea groups is 1. The van der Waals surface area contributed by atoms with Gasteiger partial charge in [-0.05, 0) is 43.3 Å². The number of aromatic nitrogens is 4. The van der Waals surface area contributed by atoms with Crippen LogP contribution in [0.2, 0.25) is 0 Å². The highest BCUT2D eigenvalue weighted by molar-refractivity contribution is 5.99. The SMILES string of the molecule is C[C@H]1COCCN1c1nc(-c2ccc(NC(=O)Nc3ccccc3)cc2)nc2[nH]ncc12. The number of benzene rings is 2. The average molecular weight is 429 g/mol. The first-order valence-electron chi connectivity index (χ1n) is 10.5. The number of H-pyrrole nitrogens is 1. The minimum atomic E-state index is -0.303. The second kappa shape index (κ2) is 8.64. The van der Waals surface area contributed by atoms with E-state index in [-0.39, 0.29) is 12.1 Å². The van der Waals surface area contributed by atoms with E-state index >= 15 is 0 Å². The molecule has 1 aliphatic rings. The number of aromatic amines is 1. The first-order chi connectivity index (χ1) is 15.7. The molecular formula is C23H23N7O2. The summed E-state index contributed by atoms with van der Waals surface area (Å²) in [6.07, 6.45) is 1.76. The lowest BCUT2D eigenvalue weighted by Crippen LogP contribution is -2.44. The number of amides is 2. The molecule has 9 heteroatoms. The molecule has 1 aliphatic heterocycles. The lowest BCUT2D eigenvalue weighted by atomic mass is 10.2. The van der Waals surface area contributed by atoms with E-state index in [0.717, 1.165) is 29.0 Å². The van der Waals surface area contributed by atoms with E-state index in [1.807, 2.05) is 54.6 Å². The summed E-state index contributed by atoms with van der Waals surface area (Å²) in [5, 5.41) is 13.6. The lowest BCUT2D eigenvalue weighted by Gasteiger charge is -2.34. The largest absolute Gasteiger partial charge is 0.377 e. The van der Waals surface area contributed by atoms with Crippen LogP contribution >= 0.6 is 0 Å². The van der Waals surface area contributed by atoms with E-state index in [2.05, 4.69) is 37.6 Å². The molecule has 0 radical (unpaired) electrons. The number of nitrogens with one attached hydrogen (secondary N) is 3. The highest BCUT2D eigenvalue weighted by Gasteiger charge is 2.24. The van der Waals surface area contributed by atoms with Gasteiger partial charge in [0.05, 0.1) is 30.8 Å². The Hall–Kier alpha value is -3.98. The van der Waals surface area contributed by atoms with Gasteiger partial charge in [-0.3, -0.25) is 5.10 Å². The third-order valence-corrected chi connectivity index (χ3v) is 5.36. The maximum Gasteiger partial charge on any atom is 0.323 e. The minimum Gasteiger partial charge on any atom is -0.377 e. The fraction of sp³-hybridized carbons (Fsp3) is 0.217. The summed E-state index contributed by atoms with van der Waals surface area (Å²) in [6.45, 7) is 4.20. The van der Waals surface area contributed by atoms with Crippen LogP contribution in [0.25, 0.3) is 22.4 Å². The van der Waals surface area contributed by atoms with Crippen LogP contribution in [0.1, 0.15) is 6.92 Å². The smallest absolute Gasteiger partial charge is 0.323 e. The molecule has 1 saturated heterocycles. The van der Waals surface area contributed by atoms with E-state index in [9.17, 15) is 4.79 Å². The number of nitrogens with zero attached hydrogens (tertiary/aromatic N) is 4. The molecule has 4 aromatic rings. The molecule has 0 spiro atoms. The minimum absolute atomic E-state index is 0.208. The Morgan fingerprint density at radius 3 is 2.56 bits per heavy atom. The van der Waals surface area contributed by atoms with Gasteiger partial charge < -0.3 is 20.3 Å². The Bertz CT molecular complexity index is 1220. The van der Waals surface area contributed by atoms with Gasteiger partial charge in [0.15, 0.2) is 11.5 Å². The van der Waals surface area contributed by atoms with Crippen LogP contribution in [-0.4, -0.2) is 52.0 Å². The van der Waals surface area contributed by atoms with E-state index in [4.69, 9.17) is 9.72 Å². The van der Waals surface area contributed by atoms with Crippen molar-refractivity contribution in [3.8, 4) is 11.4 Å². The molecule has 3 heterocycles. The molecule has 2 aromatic heterocycles. The van der Waals surface area contributed by atoms with Crippen molar-refractivity contribution < 1.29 is 9.53 Å². The van der Waals surface area contributed by atoms with Crippen LogP contribution in [0.3, 0.4) is 0 Å². The number of hydrogen-bond donors (Lipinski definition) is 3. The van der Waals surface area contributed by atoms with Crippen molar-refractivity contribution in [3.63, 3.8) is 0 Å². The van der Waals surface area contributed by atoms with Crippen molar-refractivity contribution in [2.75, 3.05) is 35.3 Å². The van der Waals surface area contributed by atoms with Crippen molar-refractivity contribution >= 4 is 34.3 Å². The average Bonchev–Trinajstić information content (AvgIpc) is 3.29. The summed E-state index contributed by atoms with van der Waals surface area (Å²) in [4.78, 5) is 24.0. The Morgan fingerprint density at radius 2 is 1.81 bits per heavy atom. The Labute approximate surface area is 184 Å². The summed E-state index contributed by atoms with van der Waals surface area (Å²) in [6, 6.07) is 16.6. The van der Waals surface area contributed by atoms with Crippen LogP contribution in [-0.2, 0) is 4.74 Å². The third-order valence-electron chi connectivity index (χ3n) is 5.36. The second-order valence-corrected chi connectivity index (χ2v) is 7.64.